The molecular formula is C15H16FN3O2. The first-order valence-electron chi connectivity index (χ1n) is 6.89. The maximum atomic E-state index is 12.8. The van der Waals surface area contributed by atoms with Crippen molar-refractivity contribution < 1.29 is 13.9 Å². The Kier molecular flexibility index (Phi) is 3.96. The molecule has 0 spiro atoms. The molecule has 0 saturated carbocycles. The highest BCUT2D eigenvalue weighted by Gasteiger charge is 2.15. The van der Waals surface area contributed by atoms with Crippen molar-refractivity contribution in [3.63, 3.8) is 0 Å². The number of carbonyl (C=O) groups excluding carboxylic acids is 1. The average molecular weight is 289 g/mol. The number of hydrogen-bond acceptors (Lipinski definition) is 3. The second kappa shape index (κ2) is 6.05. The van der Waals surface area contributed by atoms with Crippen LogP contribution in [0.1, 0.15) is 21.6 Å². The molecule has 0 aliphatic carbocycles. The van der Waals surface area contributed by atoms with Crippen LogP contribution in [-0.4, -0.2) is 28.8 Å². The van der Waals surface area contributed by atoms with E-state index in [-0.39, 0.29) is 11.7 Å². The lowest BCUT2D eigenvalue weighted by atomic mass is 10.2. The number of ether oxygens (including phenoxy) is 1. The molecule has 2 heterocycles. The summed E-state index contributed by atoms with van der Waals surface area (Å²) in [5.74, 6) is -0.559. The Morgan fingerprint density at radius 1 is 1.38 bits per heavy atom. The quantitative estimate of drug-likeness (QED) is 0.928. The van der Waals surface area contributed by atoms with Crippen molar-refractivity contribution in [2.75, 3.05) is 13.2 Å². The molecule has 0 atom stereocenters. The van der Waals surface area contributed by atoms with Crippen molar-refractivity contribution in [1.29, 1.82) is 0 Å². The molecule has 0 fully saturated rings. The van der Waals surface area contributed by atoms with E-state index in [1.54, 1.807) is 0 Å². The Balaban J connectivity index is 1.55. The second-order valence-corrected chi connectivity index (χ2v) is 4.91. The van der Waals surface area contributed by atoms with Crippen molar-refractivity contribution in [3.8, 4) is 0 Å². The Morgan fingerprint density at radius 3 is 3.00 bits per heavy atom. The van der Waals surface area contributed by atoms with Gasteiger partial charge in [-0.2, -0.15) is 5.10 Å². The second-order valence-electron chi connectivity index (χ2n) is 4.91. The molecule has 1 N–H and O–H groups in total. The smallest absolute Gasteiger partial charge is 0.251 e. The van der Waals surface area contributed by atoms with Crippen LogP contribution in [0.4, 0.5) is 4.39 Å². The van der Waals surface area contributed by atoms with Gasteiger partial charge >= 0.3 is 0 Å². The van der Waals surface area contributed by atoms with E-state index in [9.17, 15) is 9.18 Å². The van der Waals surface area contributed by atoms with Gasteiger partial charge in [0.25, 0.3) is 5.91 Å². The van der Waals surface area contributed by atoms with Gasteiger partial charge in [-0.15, -0.1) is 0 Å². The summed E-state index contributed by atoms with van der Waals surface area (Å²) in [6.45, 7) is 2.41. The highest BCUT2D eigenvalue weighted by Crippen LogP contribution is 2.15. The molecule has 2 aromatic rings. The molecule has 1 aromatic carbocycles. The third-order valence-corrected chi connectivity index (χ3v) is 3.49. The average Bonchev–Trinajstić information content (AvgIpc) is 2.91. The van der Waals surface area contributed by atoms with Crippen LogP contribution in [0.5, 0.6) is 0 Å². The Labute approximate surface area is 121 Å². The molecule has 0 unspecified atom stereocenters. The van der Waals surface area contributed by atoms with Crippen molar-refractivity contribution in [3.05, 3.63) is 53.1 Å². The molecule has 1 aliphatic heterocycles. The number of hydrogen-bond donors (Lipinski definition) is 1. The van der Waals surface area contributed by atoms with Crippen LogP contribution >= 0.6 is 0 Å². The van der Waals surface area contributed by atoms with E-state index in [2.05, 4.69) is 10.4 Å². The first kappa shape index (κ1) is 13.8. The van der Waals surface area contributed by atoms with Crippen LogP contribution in [0, 0.1) is 5.82 Å². The van der Waals surface area contributed by atoms with Crippen molar-refractivity contribution in [2.24, 2.45) is 0 Å². The fourth-order valence-electron chi connectivity index (χ4n) is 2.38. The van der Waals surface area contributed by atoms with Gasteiger partial charge in [0.1, 0.15) is 5.82 Å². The van der Waals surface area contributed by atoms with E-state index in [1.807, 2.05) is 10.9 Å². The lowest BCUT2D eigenvalue weighted by Gasteiger charge is -2.14. The normalized spacial score (nSPS) is 13.8. The van der Waals surface area contributed by atoms with Crippen LogP contribution in [0.3, 0.4) is 0 Å². The number of nitrogens with zero attached hydrogens (tertiary/aromatic N) is 2. The van der Waals surface area contributed by atoms with E-state index >= 15 is 0 Å². The van der Waals surface area contributed by atoms with Crippen molar-refractivity contribution >= 4 is 5.91 Å². The molecular weight excluding hydrogens is 273 g/mol. The Bertz CT molecular complexity index is 637. The number of aromatic nitrogens is 2. The third kappa shape index (κ3) is 3.11. The van der Waals surface area contributed by atoms with Gasteiger partial charge in [0, 0.05) is 29.8 Å². The highest BCUT2D eigenvalue weighted by molar-refractivity contribution is 5.94. The van der Waals surface area contributed by atoms with Gasteiger partial charge < -0.3 is 10.1 Å². The van der Waals surface area contributed by atoms with Gasteiger partial charge in [-0.3, -0.25) is 9.48 Å². The summed E-state index contributed by atoms with van der Waals surface area (Å²) in [5, 5.41) is 7.12. The molecule has 0 radical (unpaired) electrons. The van der Waals surface area contributed by atoms with Gasteiger partial charge in [-0.05, 0) is 24.3 Å². The molecule has 3 rings (SSSR count). The molecule has 5 nitrogen and oxygen atoms in total. The first-order chi connectivity index (χ1) is 10.2. The number of nitrogens with one attached hydrogen (secondary N) is 1. The molecule has 1 aliphatic rings. The maximum Gasteiger partial charge on any atom is 0.251 e. The number of fused-ring (bicyclic) bond motifs is 1. The van der Waals surface area contributed by atoms with Crippen LogP contribution in [-0.2, 0) is 24.3 Å². The molecule has 0 saturated heterocycles. The standard InChI is InChI=1S/C15H16FN3O2/c16-13-3-1-11(2-4-13)15(20)17-6-7-19-14-5-8-21-10-12(14)9-18-19/h1-4,9H,5-8,10H2,(H,17,20). The molecule has 0 bridgehead atoms. The van der Waals surface area contributed by atoms with Crippen molar-refractivity contribution in [2.45, 2.75) is 19.6 Å². The Morgan fingerprint density at radius 2 is 2.19 bits per heavy atom. The molecule has 6 heteroatoms. The topological polar surface area (TPSA) is 56.2 Å². The predicted octanol–water partition coefficient (Wildman–Crippen LogP) is 1.52. The summed E-state index contributed by atoms with van der Waals surface area (Å²) in [6.07, 6.45) is 2.66. The number of carbonyl (C=O) groups is 1. The summed E-state index contributed by atoms with van der Waals surface area (Å²) in [4.78, 5) is 11.9. The first-order valence-corrected chi connectivity index (χ1v) is 6.89. The van der Waals surface area contributed by atoms with Gasteiger partial charge in [-0.1, -0.05) is 0 Å². The monoisotopic (exact) mass is 289 g/mol. The third-order valence-electron chi connectivity index (χ3n) is 3.49. The zero-order valence-electron chi connectivity index (χ0n) is 11.5. The largest absolute Gasteiger partial charge is 0.376 e. The van der Waals surface area contributed by atoms with Gasteiger partial charge in [-0.25, -0.2) is 4.39 Å². The minimum Gasteiger partial charge on any atom is -0.376 e. The molecule has 110 valence electrons. The van der Waals surface area contributed by atoms with Gasteiger partial charge in [0.2, 0.25) is 0 Å². The maximum absolute atomic E-state index is 12.8. The summed E-state index contributed by atoms with van der Waals surface area (Å²) in [5.41, 5.74) is 2.75. The highest BCUT2D eigenvalue weighted by atomic mass is 19.1. The summed E-state index contributed by atoms with van der Waals surface area (Å²) in [6, 6.07) is 5.49. The predicted molar refractivity (Wildman–Crippen MR) is 74.3 cm³/mol. The summed E-state index contributed by atoms with van der Waals surface area (Å²) < 4.78 is 20.1. The van der Waals surface area contributed by atoms with E-state index in [0.29, 0.717) is 31.9 Å². The van der Waals surface area contributed by atoms with Crippen molar-refractivity contribution in [1.82, 2.24) is 15.1 Å². The van der Waals surface area contributed by atoms with E-state index in [1.165, 1.54) is 30.0 Å². The zero-order chi connectivity index (χ0) is 14.7. The zero-order valence-corrected chi connectivity index (χ0v) is 11.5. The van der Waals surface area contributed by atoms with E-state index in [0.717, 1.165) is 12.0 Å². The van der Waals surface area contributed by atoms with Gasteiger partial charge in [0.05, 0.1) is 26.0 Å². The lowest BCUT2D eigenvalue weighted by Crippen LogP contribution is -2.28. The van der Waals surface area contributed by atoms with Gasteiger partial charge in [0.15, 0.2) is 0 Å². The fraction of sp³-hybridized carbons (Fsp3) is 0.333. The summed E-state index contributed by atoms with van der Waals surface area (Å²) >= 11 is 0. The van der Waals surface area contributed by atoms with E-state index < -0.39 is 0 Å². The SMILES string of the molecule is O=C(NCCn1ncc2c1CCOC2)c1ccc(F)cc1. The number of halogens is 1. The summed E-state index contributed by atoms with van der Waals surface area (Å²) in [7, 11) is 0. The van der Waals surface area contributed by atoms with E-state index in [4.69, 9.17) is 4.74 Å². The minimum atomic E-state index is -0.350. The molecule has 1 amide bonds. The lowest BCUT2D eigenvalue weighted by molar-refractivity contribution is 0.0950. The number of amides is 1. The van der Waals surface area contributed by atoms with Crippen LogP contribution in [0.25, 0.3) is 0 Å². The molecule has 21 heavy (non-hydrogen) atoms. The molecule has 1 aromatic heterocycles. The fourth-order valence-corrected chi connectivity index (χ4v) is 2.38. The van der Waals surface area contributed by atoms with Crippen LogP contribution in [0.15, 0.2) is 30.5 Å². The Hall–Kier alpha value is -2.21. The minimum absolute atomic E-state index is 0.209. The number of benzene rings is 1. The number of rotatable bonds is 4. The van der Waals surface area contributed by atoms with Crippen LogP contribution in [0.2, 0.25) is 0 Å². The van der Waals surface area contributed by atoms with Crippen LogP contribution < -0.4 is 5.32 Å².